The van der Waals surface area contributed by atoms with Crippen LogP contribution in [0.3, 0.4) is 0 Å². The molecule has 0 N–H and O–H groups in total. The Morgan fingerprint density at radius 1 is 1.61 bits per heavy atom. The van der Waals surface area contributed by atoms with Gasteiger partial charge in [0.15, 0.2) is 6.04 Å². The van der Waals surface area contributed by atoms with E-state index in [9.17, 15) is 5.26 Å². The molecule has 2 aromatic heterocycles. The van der Waals surface area contributed by atoms with Gasteiger partial charge in [0.2, 0.25) is 0 Å². The van der Waals surface area contributed by atoms with Crippen molar-refractivity contribution >= 4 is 11.3 Å². The van der Waals surface area contributed by atoms with Gasteiger partial charge in [0.1, 0.15) is 5.76 Å². The van der Waals surface area contributed by atoms with Crippen LogP contribution in [0.25, 0.3) is 0 Å². The molecule has 1 atom stereocenters. The summed E-state index contributed by atoms with van der Waals surface area (Å²) in [5, 5.41) is 10.4. The zero-order valence-electron chi connectivity index (χ0n) is 10.1. The molecule has 1 aliphatic heterocycles. The fourth-order valence-electron chi connectivity index (χ4n) is 2.34. The minimum Gasteiger partial charge on any atom is -0.467 e. The van der Waals surface area contributed by atoms with Gasteiger partial charge in [-0.25, -0.2) is 4.98 Å². The number of nitriles is 1. The smallest absolute Gasteiger partial charge is 0.157 e. The average molecular weight is 259 g/mol. The molecule has 4 nitrogen and oxygen atoms in total. The number of thiazole rings is 1. The SMILES string of the molecule is Cc1nc2c(s1)CN(C(C#N)c1ccco1)CC2. The Labute approximate surface area is 109 Å². The van der Waals surface area contributed by atoms with E-state index in [-0.39, 0.29) is 6.04 Å². The van der Waals surface area contributed by atoms with E-state index in [2.05, 4.69) is 16.0 Å². The van der Waals surface area contributed by atoms with Crippen molar-refractivity contribution in [2.75, 3.05) is 6.54 Å². The quantitative estimate of drug-likeness (QED) is 0.832. The van der Waals surface area contributed by atoms with Crippen LogP contribution in [0.4, 0.5) is 0 Å². The summed E-state index contributed by atoms with van der Waals surface area (Å²) in [5.74, 6) is 0.724. The number of fused-ring (bicyclic) bond motifs is 1. The molecule has 0 spiro atoms. The van der Waals surface area contributed by atoms with Gasteiger partial charge in [-0.3, -0.25) is 4.90 Å². The Hall–Kier alpha value is -1.64. The summed E-state index contributed by atoms with van der Waals surface area (Å²) in [7, 11) is 0. The summed E-state index contributed by atoms with van der Waals surface area (Å²) in [6, 6.07) is 5.72. The molecule has 18 heavy (non-hydrogen) atoms. The molecule has 0 bridgehead atoms. The first-order valence-electron chi connectivity index (χ1n) is 5.90. The normalized spacial score (nSPS) is 17.1. The largest absolute Gasteiger partial charge is 0.467 e. The Bertz CT molecular complexity index is 582. The molecule has 1 aliphatic rings. The maximum absolute atomic E-state index is 9.34. The molecule has 5 heteroatoms. The first-order valence-corrected chi connectivity index (χ1v) is 6.72. The van der Waals surface area contributed by atoms with Crippen LogP contribution in [0.15, 0.2) is 22.8 Å². The van der Waals surface area contributed by atoms with Crippen LogP contribution in [0.2, 0.25) is 0 Å². The van der Waals surface area contributed by atoms with Gasteiger partial charge in [0, 0.05) is 24.4 Å². The molecule has 92 valence electrons. The van der Waals surface area contributed by atoms with Gasteiger partial charge in [-0.2, -0.15) is 5.26 Å². The second-order valence-electron chi connectivity index (χ2n) is 4.37. The average Bonchev–Trinajstić information content (AvgIpc) is 2.97. The van der Waals surface area contributed by atoms with Crippen molar-refractivity contribution in [3.8, 4) is 6.07 Å². The number of hydrogen-bond donors (Lipinski definition) is 0. The van der Waals surface area contributed by atoms with Crippen molar-refractivity contribution < 1.29 is 4.42 Å². The lowest BCUT2D eigenvalue weighted by molar-refractivity contribution is 0.197. The molecule has 0 fully saturated rings. The first-order chi connectivity index (χ1) is 8.78. The van der Waals surface area contributed by atoms with Crippen molar-refractivity contribution in [1.29, 1.82) is 5.26 Å². The number of aryl methyl sites for hydroxylation is 1. The first kappa shape index (κ1) is 11.5. The summed E-state index contributed by atoms with van der Waals surface area (Å²) >= 11 is 1.73. The van der Waals surface area contributed by atoms with Crippen molar-refractivity contribution in [2.45, 2.75) is 25.9 Å². The predicted molar refractivity (Wildman–Crippen MR) is 68.0 cm³/mol. The van der Waals surface area contributed by atoms with Crippen LogP contribution >= 0.6 is 11.3 Å². The van der Waals surface area contributed by atoms with E-state index >= 15 is 0 Å². The van der Waals surface area contributed by atoms with Crippen LogP contribution in [-0.4, -0.2) is 16.4 Å². The van der Waals surface area contributed by atoms with Crippen molar-refractivity contribution in [3.05, 3.63) is 39.7 Å². The monoisotopic (exact) mass is 259 g/mol. The van der Waals surface area contributed by atoms with Gasteiger partial charge < -0.3 is 4.42 Å². The molecule has 1 unspecified atom stereocenters. The molecular weight excluding hydrogens is 246 g/mol. The Balaban J connectivity index is 1.85. The third-order valence-electron chi connectivity index (χ3n) is 3.17. The number of aromatic nitrogens is 1. The van der Waals surface area contributed by atoms with Gasteiger partial charge in [0.25, 0.3) is 0 Å². The minimum atomic E-state index is -0.296. The Morgan fingerprint density at radius 3 is 3.22 bits per heavy atom. The van der Waals surface area contributed by atoms with Crippen LogP contribution in [0, 0.1) is 18.3 Å². The van der Waals surface area contributed by atoms with Gasteiger partial charge in [-0.05, 0) is 19.1 Å². The predicted octanol–water partition coefficient (Wildman–Crippen LogP) is 2.67. The van der Waals surface area contributed by atoms with Crippen LogP contribution in [0.1, 0.15) is 27.4 Å². The highest BCUT2D eigenvalue weighted by Crippen LogP contribution is 2.30. The summed E-state index contributed by atoms with van der Waals surface area (Å²) < 4.78 is 5.36. The second-order valence-corrected chi connectivity index (χ2v) is 5.66. The van der Waals surface area contributed by atoms with Crippen LogP contribution in [-0.2, 0) is 13.0 Å². The third kappa shape index (κ3) is 1.94. The Morgan fingerprint density at radius 2 is 2.50 bits per heavy atom. The third-order valence-corrected chi connectivity index (χ3v) is 4.17. The summed E-state index contributed by atoms with van der Waals surface area (Å²) in [4.78, 5) is 7.95. The molecule has 2 aromatic rings. The molecule has 3 heterocycles. The highest BCUT2D eigenvalue weighted by molar-refractivity contribution is 7.11. The maximum atomic E-state index is 9.34. The van der Waals surface area contributed by atoms with E-state index in [1.165, 1.54) is 10.6 Å². The number of nitrogens with zero attached hydrogens (tertiary/aromatic N) is 3. The molecule has 0 radical (unpaired) electrons. The molecular formula is C13H13N3OS. The number of furan rings is 1. The summed E-state index contributed by atoms with van der Waals surface area (Å²) in [5.41, 5.74) is 1.20. The van der Waals surface area contributed by atoms with Crippen molar-refractivity contribution in [3.63, 3.8) is 0 Å². The van der Waals surface area contributed by atoms with E-state index in [0.29, 0.717) is 0 Å². The lowest BCUT2D eigenvalue weighted by Crippen LogP contribution is -2.32. The number of hydrogen-bond acceptors (Lipinski definition) is 5. The molecule has 0 saturated carbocycles. The lowest BCUT2D eigenvalue weighted by Gasteiger charge is -2.28. The van der Waals surface area contributed by atoms with E-state index < -0.39 is 0 Å². The van der Waals surface area contributed by atoms with E-state index in [1.807, 2.05) is 19.1 Å². The zero-order chi connectivity index (χ0) is 12.5. The topological polar surface area (TPSA) is 53.1 Å². The Kier molecular flexibility index (Phi) is 2.90. The standard InChI is InChI=1S/C13H13N3OS/c1-9-15-10-4-5-16(8-13(10)18-9)11(7-14)12-3-2-6-17-12/h2-3,6,11H,4-5,8H2,1H3. The second kappa shape index (κ2) is 4.56. The van der Waals surface area contributed by atoms with Gasteiger partial charge in [-0.1, -0.05) is 0 Å². The van der Waals surface area contributed by atoms with E-state index in [0.717, 1.165) is 30.3 Å². The van der Waals surface area contributed by atoms with Crippen molar-refractivity contribution in [1.82, 2.24) is 9.88 Å². The zero-order valence-corrected chi connectivity index (χ0v) is 10.9. The molecule has 0 aromatic carbocycles. The highest BCUT2D eigenvalue weighted by atomic mass is 32.1. The maximum Gasteiger partial charge on any atom is 0.157 e. The van der Waals surface area contributed by atoms with Crippen molar-refractivity contribution in [2.24, 2.45) is 0 Å². The fraction of sp³-hybridized carbons (Fsp3) is 0.385. The van der Waals surface area contributed by atoms with E-state index in [1.54, 1.807) is 17.6 Å². The molecule has 0 aliphatic carbocycles. The molecule has 3 rings (SSSR count). The molecule has 0 amide bonds. The van der Waals surface area contributed by atoms with Crippen LogP contribution in [0.5, 0.6) is 0 Å². The fourth-order valence-corrected chi connectivity index (χ4v) is 3.35. The number of rotatable bonds is 2. The van der Waals surface area contributed by atoms with E-state index in [4.69, 9.17) is 4.42 Å². The summed E-state index contributed by atoms with van der Waals surface area (Å²) in [6.07, 6.45) is 2.53. The minimum absolute atomic E-state index is 0.296. The van der Waals surface area contributed by atoms with Gasteiger partial charge >= 0.3 is 0 Å². The van der Waals surface area contributed by atoms with Crippen LogP contribution < -0.4 is 0 Å². The lowest BCUT2D eigenvalue weighted by atomic mass is 10.1. The summed E-state index contributed by atoms with van der Waals surface area (Å²) in [6.45, 7) is 3.68. The highest BCUT2D eigenvalue weighted by Gasteiger charge is 2.28. The van der Waals surface area contributed by atoms with Gasteiger partial charge in [-0.15, -0.1) is 11.3 Å². The van der Waals surface area contributed by atoms with Gasteiger partial charge in [0.05, 0.1) is 23.0 Å². The molecule has 0 saturated heterocycles.